The van der Waals surface area contributed by atoms with Crippen LogP contribution in [0.15, 0.2) is 34.7 Å². The van der Waals surface area contributed by atoms with Crippen molar-refractivity contribution in [2.24, 2.45) is 0 Å². The third kappa shape index (κ3) is 1.95. The van der Waals surface area contributed by atoms with Crippen LogP contribution in [0.5, 0.6) is 0 Å². The van der Waals surface area contributed by atoms with Crippen LogP contribution in [0.4, 0.5) is 5.69 Å². The molecule has 0 aliphatic heterocycles. The third-order valence-corrected chi connectivity index (χ3v) is 3.65. The van der Waals surface area contributed by atoms with Gasteiger partial charge in [-0.25, -0.2) is 4.98 Å². The average Bonchev–Trinajstić information content (AvgIpc) is 2.79. The van der Waals surface area contributed by atoms with E-state index in [1.54, 1.807) is 6.07 Å². The number of rotatable bonds is 1. The minimum Gasteiger partial charge on any atom is -0.436 e. The van der Waals surface area contributed by atoms with Crippen molar-refractivity contribution in [1.82, 2.24) is 4.98 Å². The van der Waals surface area contributed by atoms with Crippen LogP contribution in [-0.2, 0) is 0 Å². The molecular weight excluding hydrogens is 283 g/mol. The summed E-state index contributed by atoms with van der Waals surface area (Å²) in [6, 6.07) is 9.14. The van der Waals surface area contributed by atoms with E-state index in [1.807, 2.05) is 31.2 Å². The fourth-order valence-corrected chi connectivity index (χ4v) is 2.63. The number of halogens is 2. The molecule has 0 bridgehead atoms. The summed E-state index contributed by atoms with van der Waals surface area (Å²) < 4.78 is 5.72. The summed E-state index contributed by atoms with van der Waals surface area (Å²) in [5, 5.41) is 0.908. The number of hydrogen-bond donors (Lipinski definition) is 1. The lowest BCUT2D eigenvalue weighted by atomic mass is 10.1. The van der Waals surface area contributed by atoms with Gasteiger partial charge >= 0.3 is 0 Å². The second kappa shape index (κ2) is 4.44. The molecule has 19 heavy (non-hydrogen) atoms. The van der Waals surface area contributed by atoms with Crippen LogP contribution in [0.2, 0.25) is 10.0 Å². The molecule has 0 aliphatic carbocycles. The van der Waals surface area contributed by atoms with Gasteiger partial charge in [-0.15, -0.1) is 0 Å². The van der Waals surface area contributed by atoms with Crippen molar-refractivity contribution >= 4 is 40.0 Å². The topological polar surface area (TPSA) is 52.0 Å². The van der Waals surface area contributed by atoms with Gasteiger partial charge in [0.1, 0.15) is 5.52 Å². The first-order chi connectivity index (χ1) is 9.08. The van der Waals surface area contributed by atoms with Crippen LogP contribution < -0.4 is 5.73 Å². The monoisotopic (exact) mass is 292 g/mol. The number of hydrogen-bond acceptors (Lipinski definition) is 3. The van der Waals surface area contributed by atoms with Gasteiger partial charge < -0.3 is 10.2 Å². The minimum atomic E-state index is 0.433. The van der Waals surface area contributed by atoms with Gasteiger partial charge in [-0.2, -0.15) is 0 Å². The van der Waals surface area contributed by atoms with Crippen LogP contribution in [0.3, 0.4) is 0 Å². The smallest absolute Gasteiger partial charge is 0.229 e. The van der Waals surface area contributed by atoms with Crippen LogP contribution >= 0.6 is 23.2 Å². The second-order valence-electron chi connectivity index (χ2n) is 4.24. The van der Waals surface area contributed by atoms with Gasteiger partial charge in [0.05, 0.1) is 21.3 Å². The summed E-state index contributed by atoms with van der Waals surface area (Å²) in [5.74, 6) is 0.451. The molecule has 96 valence electrons. The summed E-state index contributed by atoms with van der Waals surface area (Å²) in [6.07, 6.45) is 0. The van der Waals surface area contributed by atoms with Gasteiger partial charge in [-0.05, 0) is 30.7 Å². The summed E-state index contributed by atoms with van der Waals surface area (Å²) in [5.41, 5.74) is 9.35. The zero-order chi connectivity index (χ0) is 13.6. The molecule has 3 aromatic rings. The lowest BCUT2D eigenvalue weighted by Crippen LogP contribution is -1.95. The lowest BCUT2D eigenvalue weighted by Gasteiger charge is -2.09. The van der Waals surface area contributed by atoms with E-state index in [9.17, 15) is 0 Å². The molecule has 2 aromatic carbocycles. The van der Waals surface area contributed by atoms with Crippen molar-refractivity contribution in [2.45, 2.75) is 6.92 Å². The van der Waals surface area contributed by atoms with Gasteiger partial charge in [-0.1, -0.05) is 35.3 Å². The van der Waals surface area contributed by atoms with E-state index in [-0.39, 0.29) is 0 Å². The second-order valence-corrected chi connectivity index (χ2v) is 5.06. The fraction of sp³-hybridized carbons (Fsp3) is 0.0714. The number of aromatic nitrogens is 1. The van der Waals surface area contributed by atoms with Gasteiger partial charge in [0, 0.05) is 0 Å². The molecule has 2 N–H and O–H groups in total. The summed E-state index contributed by atoms with van der Waals surface area (Å²) in [6.45, 7) is 1.84. The molecule has 0 spiro atoms. The molecule has 0 fully saturated rings. The Morgan fingerprint density at radius 1 is 1.16 bits per heavy atom. The van der Waals surface area contributed by atoms with E-state index in [0.29, 0.717) is 32.8 Å². The maximum atomic E-state index is 6.23. The Bertz CT molecular complexity index is 747. The number of oxazole rings is 1. The molecule has 0 radical (unpaired) electrons. The molecule has 1 heterocycles. The van der Waals surface area contributed by atoms with Crippen LogP contribution in [-0.4, -0.2) is 4.98 Å². The first-order valence-corrected chi connectivity index (χ1v) is 6.43. The van der Waals surface area contributed by atoms with Gasteiger partial charge in [0.15, 0.2) is 5.58 Å². The van der Waals surface area contributed by atoms with E-state index in [4.69, 9.17) is 33.4 Å². The van der Waals surface area contributed by atoms with Crippen molar-refractivity contribution in [2.75, 3.05) is 5.73 Å². The molecule has 1 aromatic heterocycles. The highest BCUT2D eigenvalue weighted by atomic mass is 35.5. The summed E-state index contributed by atoms with van der Waals surface area (Å²) in [7, 11) is 0. The zero-order valence-electron chi connectivity index (χ0n) is 10.1. The zero-order valence-corrected chi connectivity index (χ0v) is 11.6. The number of fused-ring (bicyclic) bond motifs is 1. The van der Waals surface area contributed by atoms with E-state index >= 15 is 0 Å². The Kier molecular flexibility index (Phi) is 2.88. The molecule has 3 rings (SSSR count). The molecule has 0 saturated carbocycles. The van der Waals surface area contributed by atoms with Crippen LogP contribution in [0, 0.1) is 6.92 Å². The van der Waals surface area contributed by atoms with Crippen molar-refractivity contribution in [1.29, 1.82) is 0 Å². The standard InChI is InChI=1S/C14H10Cl2N2O/c1-7-12(8(15)6-9(16)13(7)17)14-18-10-4-2-3-5-11(10)19-14/h2-6H,17H2,1H3. The minimum absolute atomic E-state index is 0.433. The molecule has 5 heteroatoms. The van der Waals surface area contributed by atoms with E-state index < -0.39 is 0 Å². The van der Waals surface area contributed by atoms with Crippen LogP contribution in [0.25, 0.3) is 22.6 Å². The van der Waals surface area contributed by atoms with E-state index in [1.165, 1.54) is 0 Å². The Hall–Kier alpha value is -1.71. The normalized spacial score (nSPS) is 11.1. The maximum absolute atomic E-state index is 6.23. The average molecular weight is 293 g/mol. The van der Waals surface area contributed by atoms with Crippen molar-refractivity contribution in [3.8, 4) is 11.5 Å². The lowest BCUT2D eigenvalue weighted by molar-refractivity contribution is 0.619. The number of para-hydroxylation sites is 2. The molecule has 0 unspecified atom stereocenters. The Morgan fingerprint density at radius 2 is 1.89 bits per heavy atom. The molecule has 3 nitrogen and oxygen atoms in total. The predicted molar refractivity (Wildman–Crippen MR) is 78.6 cm³/mol. The summed E-state index contributed by atoms with van der Waals surface area (Å²) >= 11 is 12.2. The van der Waals surface area contributed by atoms with Gasteiger partial charge in [0.25, 0.3) is 0 Å². The van der Waals surface area contributed by atoms with Crippen molar-refractivity contribution < 1.29 is 4.42 Å². The quantitative estimate of drug-likeness (QED) is 0.662. The SMILES string of the molecule is Cc1c(N)c(Cl)cc(Cl)c1-c1nc2ccccc2o1. The highest BCUT2D eigenvalue weighted by Gasteiger charge is 2.17. The number of benzene rings is 2. The van der Waals surface area contributed by atoms with Crippen LogP contribution in [0.1, 0.15) is 5.56 Å². The highest BCUT2D eigenvalue weighted by Crippen LogP contribution is 2.38. The first-order valence-electron chi connectivity index (χ1n) is 5.68. The van der Waals surface area contributed by atoms with E-state index in [2.05, 4.69) is 4.98 Å². The van der Waals surface area contributed by atoms with Gasteiger partial charge in [0.2, 0.25) is 5.89 Å². The van der Waals surface area contributed by atoms with Crippen molar-refractivity contribution in [3.63, 3.8) is 0 Å². The first kappa shape index (κ1) is 12.3. The summed E-state index contributed by atoms with van der Waals surface area (Å²) in [4.78, 5) is 4.43. The number of nitrogens with zero attached hydrogens (tertiary/aromatic N) is 1. The number of anilines is 1. The molecule has 0 atom stereocenters. The predicted octanol–water partition coefficient (Wildman–Crippen LogP) is 4.69. The largest absolute Gasteiger partial charge is 0.436 e. The molecule has 0 saturated heterocycles. The number of nitrogen functional groups attached to an aromatic ring is 1. The third-order valence-electron chi connectivity index (χ3n) is 3.04. The van der Waals surface area contributed by atoms with Gasteiger partial charge in [-0.3, -0.25) is 0 Å². The highest BCUT2D eigenvalue weighted by molar-refractivity contribution is 6.38. The number of nitrogens with two attached hydrogens (primary N) is 1. The molecular formula is C14H10Cl2N2O. The fourth-order valence-electron chi connectivity index (χ4n) is 2.00. The van der Waals surface area contributed by atoms with E-state index in [0.717, 1.165) is 11.1 Å². The Balaban J connectivity index is 2.29. The molecule has 0 aliphatic rings. The Labute approximate surface area is 119 Å². The van der Waals surface area contributed by atoms with Crippen molar-refractivity contribution in [3.05, 3.63) is 45.9 Å². The Morgan fingerprint density at radius 3 is 2.63 bits per heavy atom. The molecule has 0 amide bonds. The maximum Gasteiger partial charge on any atom is 0.229 e.